The van der Waals surface area contributed by atoms with E-state index in [0.717, 1.165) is 16.9 Å². The van der Waals surface area contributed by atoms with Crippen LogP contribution >= 0.6 is 0 Å². The molecule has 0 spiro atoms. The van der Waals surface area contributed by atoms with Gasteiger partial charge in [-0.3, -0.25) is 0 Å². The van der Waals surface area contributed by atoms with E-state index < -0.39 is 0 Å². The van der Waals surface area contributed by atoms with Crippen LogP contribution in [0, 0.1) is 6.92 Å². The van der Waals surface area contributed by atoms with Crippen LogP contribution < -0.4 is 0 Å². The summed E-state index contributed by atoms with van der Waals surface area (Å²) in [5.74, 6) is 0.377. The highest BCUT2D eigenvalue weighted by molar-refractivity contribution is 5.97. The summed E-state index contributed by atoms with van der Waals surface area (Å²) in [7, 11) is 0. The molecule has 0 bridgehead atoms. The second-order valence-corrected chi connectivity index (χ2v) is 3.67. The molecule has 0 aliphatic rings. The number of rotatable bonds is 3. The average Bonchev–Trinajstić information content (AvgIpc) is 2.84. The standard InChI is InChI=1S/C14H14O3.C2H6/c1-3-16-14(15)12-9-17-10(2)13(12)11-7-5-4-6-8-11;1-2/h4-9H,3H2,1-2H3;1-2H3. The normalized spacial score (nSPS) is 9.47. The van der Waals surface area contributed by atoms with Gasteiger partial charge in [-0.2, -0.15) is 0 Å². The van der Waals surface area contributed by atoms with Crippen molar-refractivity contribution < 1.29 is 13.9 Å². The fraction of sp³-hybridized carbons (Fsp3) is 0.312. The van der Waals surface area contributed by atoms with Gasteiger partial charge in [0.2, 0.25) is 0 Å². The zero-order chi connectivity index (χ0) is 14.3. The fourth-order valence-electron chi connectivity index (χ4n) is 1.78. The molecular formula is C16H20O3. The van der Waals surface area contributed by atoms with Crippen molar-refractivity contribution in [2.24, 2.45) is 0 Å². The lowest BCUT2D eigenvalue weighted by atomic mass is 10.0. The molecule has 0 fully saturated rings. The van der Waals surface area contributed by atoms with Crippen molar-refractivity contribution >= 4 is 5.97 Å². The highest BCUT2D eigenvalue weighted by Gasteiger charge is 2.19. The Morgan fingerprint density at radius 1 is 1.21 bits per heavy atom. The lowest BCUT2D eigenvalue weighted by Gasteiger charge is -2.03. The largest absolute Gasteiger partial charge is 0.468 e. The third kappa shape index (κ3) is 3.47. The van der Waals surface area contributed by atoms with Gasteiger partial charge in [0, 0.05) is 5.56 Å². The first-order valence-corrected chi connectivity index (χ1v) is 6.54. The van der Waals surface area contributed by atoms with Gasteiger partial charge in [0.1, 0.15) is 17.6 Å². The Morgan fingerprint density at radius 3 is 2.42 bits per heavy atom. The Bertz CT molecular complexity index is 512. The quantitative estimate of drug-likeness (QED) is 0.765. The van der Waals surface area contributed by atoms with Crippen molar-refractivity contribution in [3.8, 4) is 11.1 Å². The summed E-state index contributed by atoms with van der Waals surface area (Å²) in [6, 6.07) is 9.68. The molecule has 0 amide bonds. The van der Waals surface area contributed by atoms with E-state index in [-0.39, 0.29) is 5.97 Å². The first kappa shape index (κ1) is 15.0. The number of esters is 1. The topological polar surface area (TPSA) is 39.4 Å². The third-order valence-electron chi connectivity index (χ3n) is 2.53. The van der Waals surface area contributed by atoms with Gasteiger partial charge in [-0.05, 0) is 19.4 Å². The molecule has 0 saturated heterocycles. The van der Waals surface area contributed by atoms with E-state index in [1.165, 1.54) is 6.26 Å². The third-order valence-corrected chi connectivity index (χ3v) is 2.53. The molecule has 3 heteroatoms. The Hall–Kier alpha value is -2.03. The van der Waals surface area contributed by atoms with E-state index in [1.807, 2.05) is 51.1 Å². The second-order valence-electron chi connectivity index (χ2n) is 3.67. The van der Waals surface area contributed by atoms with Crippen molar-refractivity contribution in [3.05, 3.63) is 47.9 Å². The summed E-state index contributed by atoms with van der Waals surface area (Å²) in [6.45, 7) is 7.98. The number of carbonyl (C=O) groups excluding carboxylic acids is 1. The van der Waals surface area contributed by atoms with Crippen LogP contribution in [0.15, 0.2) is 41.0 Å². The Kier molecular flexibility index (Phi) is 5.86. The molecule has 0 radical (unpaired) electrons. The first-order valence-electron chi connectivity index (χ1n) is 6.54. The minimum Gasteiger partial charge on any atom is -0.468 e. The van der Waals surface area contributed by atoms with Gasteiger partial charge in [-0.25, -0.2) is 4.79 Å². The van der Waals surface area contributed by atoms with Crippen LogP contribution in [0.4, 0.5) is 0 Å². The van der Waals surface area contributed by atoms with Crippen LogP contribution in [0.1, 0.15) is 36.9 Å². The van der Waals surface area contributed by atoms with Gasteiger partial charge < -0.3 is 9.15 Å². The molecule has 0 N–H and O–H groups in total. The lowest BCUT2D eigenvalue weighted by Crippen LogP contribution is -2.04. The molecule has 3 nitrogen and oxygen atoms in total. The molecule has 2 rings (SSSR count). The minimum absolute atomic E-state index is 0.344. The summed E-state index contributed by atoms with van der Waals surface area (Å²) in [5, 5.41) is 0. The van der Waals surface area contributed by atoms with Crippen molar-refractivity contribution in [2.45, 2.75) is 27.7 Å². The Labute approximate surface area is 114 Å². The van der Waals surface area contributed by atoms with E-state index in [2.05, 4.69) is 0 Å². The molecule has 2 aromatic rings. The van der Waals surface area contributed by atoms with Crippen molar-refractivity contribution in [1.82, 2.24) is 0 Å². The van der Waals surface area contributed by atoms with E-state index in [1.54, 1.807) is 6.92 Å². The van der Waals surface area contributed by atoms with Crippen molar-refractivity contribution in [1.29, 1.82) is 0 Å². The molecule has 0 aliphatic carbocycles. The van der Waals surface area contributed by atoms with E-state index in [9.17, 15) is 4.79 Å². The van der Waals surface area contributed by atoms with Crippen LogP contribution in [0.25, 0.3) is 11.1 Å². The van der Waals surface area contributed by atoms with Gasteiger partial charge >= 0.3 is 5.97 Å². The monoisotopic (exact) mass is 260 g/mol. The summed E-state index contributed by atoms with van der Waals surface area (Å²) in [5.41, 5.74) is 2.25. The summed E-state index contributed by atoms with van der Waals surface area (Å²) < 4.78 is 10.3. The van der Waals surface area contributed by atoms with Crippen LogP contribution in [-0.4, -0.2) is 12.6 Å². The molecule has 19 heavy (non-hydrogen) atoms. The summed E-state index contributed by atoms with van der Waals surface area (Å²) in [6.07, 6.45) is 1.45. The molecular weight excluding hydrogens is 240 g/mol. The average molecular weight is 260 g/mol. The highest BCUT2D eigenvalue weighted by atomic mass is 16.5. The molecule has 1 heterocycles. The van der Waals surface area contributed by atoms with Gasteiger partial charge in [0.15, 0.2) is 0 Å². The molecule has 102 valence electrons. The summed E-state index contributed by atoms with van der Waals surface area (Å²) >= 11 is 0. The first-order chi connectivity index (χ1) is 9.24. The predicted octanol–water partition coefficient (Wildman–Crippen LogP) is 4.46. The number of hydrogen-bond acceptors (Lipinski definition) is 3. The van der Waals surface area contributed by atoms with Gasteiger partial charge in [-0.1, -0.05) is 44.2 Å². The SMILES string of the molecule is CC.CCOC(=O)c1coc(C)c1-c1ccccc1. The maximum absolute atomic E-state index is 11.8. The second kappa shape index (κ2) is 7.41. The lowest BCUT2D eigenvalue weighted by molar-refractivity contribution is 0.0526. The number of aryl methyl sites for hydroxylation is 1. The summed E-state index contributed by atoms with van der Waals surface area (Å²) in [4.78, 5) is 11.8. The zero-order valence-electron chi connectivity index (χ0n) is 11.9. The molecule has 1 aromatic heterocycles. The van der Waals surface area contributed by atoms with Gasteiger partial charge in [0.05, 0.1) is 6.61 Å². The molecule has 0 saturated carbocycles. The van der Waals surface area contributed by atoms with Crippen LogP contribution in [0.3, 0.4) is 0 Å². The van der Waals surface area contributed by atoms with Crippen LogP contribution in [0.2, 0.25) is 0 Å². The zero-order valence-corrected chi connectivity index (χ0v) is 11.9. The Morgan fingerprint density at radius 2 is 1.84 bits per heavy atom. The Balaban J connectivity index is 0.000000861. The molecule has 0 atom stereocenters. The number of furan rings is 1. The predicted molar refractivity (Wildman–Crippen MR) is 76.2 cm³/mol. The fourth-order valence-corrected chi connectivity index (χ4v) is 1.78. The van der Waals surface area contributed by atoms with Crippen LogP contribution in [-0.2, 0) is 4.74 Å². The number of carbonyl (C=O) groups is 1. The van der Waals surface area contributed by atoms with E-state index in [4.69, 9.17) is 9.15 Å². The smallest absolute Gasteiger partial charge is 0.342 e. The van der Waals surface area contributed by atoms with E-state index in [0.29, 0.717) is 12.2 Å². The molecule has 0 unspecified atom stereocenters. The van der Waals surface area contributed by atoms with Gasteiger partial charge in [0.25, 0.3) is 0 Å². The molecule has 0 aliphatic heterocycles. The number of hydrogen-bond donors (Lipinski definition) is 0. The van der Waals surface area contributed by atoms with Crippen LogP contribution in [0.5, 0.6) is 0 Å². The van der Waals surface area contributed by atoms with Gasteiger partial charge in [-0.15, -0.1) is 0 Å². The minimum atomic E-state index is -0.344. The maximum atomic E-state index is 11.8. The number of ether oxygens (including phenoxy) is 1. The van der Waals surface area contributed by atoms with E-state index >= 15 is 0 Å². The van der Waals surface area contributed by atoms with Crippen molar-refractivity contribution in [2.75, 3.05) is 6.61 Å². The maximum Gasteiger partial charge on any atom is 0.342 e. The molecule has 1 aromatic carbocycles. The van der Waals surface area contributed by atoms with Crippen molar-refractivity contribution in [3.63, 3.8) is 0 Å². The number of benzene rings is 1. The highest BCUT2D eigenvalue weighted by Crippen LogP contribution is 2.29.